The van der Waals surface area contributed by atoms with Gasteiger partial charge in [0.2, 0.25) is 17.7 Å². The predicted octanol–water partition coefficient (Wildman–Crippen LogP) is 3.09. The summed E-state index contributed by atoms with van der Waals surface area (Å²) in [5.41, 5.74) is -0.356. The summed E-state index contributed by atoms with van der Waals surface area (Å²) in [7, 11) is 1.79. The zero-order valence-electron chi connectivity index (χ0n) is 22.7. The summed E-state index contributed by atoms with van der Waals surface area (Å²) in [5.74, 6) is -1.12. The van der Waals surface area contributed by atoms with Gasteiger partial charge in [-0.25, -0.2) is 0 Å². The first kappa shape index (κ1) is 27.2. The number of amides is 3. The summed E-state index contributed by atoms with van der Waals surface area (Å²) in [6.45, 7) is 12.4. The summed E-state index contributed by atoms with van der Waals surface area (Å²) in [4.78, 5) is 47.6. The molecule has 1 N–H and O–H groups in total. The van der Waals surface area contributed by atoms with Crippen molar-refractivity contribution in [2.24, 2.45) is 17.3 Å². The maximum Gasteiger partial charge on any atom is 0.247 e. The monoisotopic (exact) mass is 517 g/mol. The third kappa shape index (κ3) is 4.64. The quantitative estimate of drug-likeness (QED) is 0.415. The summed E-state index contributed by atoms with van der Waals surface area (Å²) in [5, 5.41) is 9.11. The van der Waals surface area contributed by atoms with Crippen molar-refractivity contribution in [2.75, 3.05) is 33.3 Å². The molecule has 0 aromatic carbocycles. The molecular formula is C28H43N3O4S. The van der Waals surface area contributed by atoms with Crippen LogP contribution in [-0.2, 0) is 14.4 Å². The van der Waals surface area contributed by atoms with Gasteiger partial charge in [0.15, 0.2) is 0 Å². The molecule has 2 fully saturated rings. The summed E-state index contributed by atoms with van der Waals surface area (Å²) in [6.07, 6.45) is 11.3. The fraction of sp³-hybridized carbons (Fsp3) is 0.750. The lowest BCUT2D eigenvalue weighted by atomic mass is 9.77. The number of likely N-dealkylation sites (N-methyl/N-ethyl adjacent to an activating group) is 1. The SMILES string of the molecule is CN1CC=C[C@H]2S[C@]34C=CCN(C(C)(C)CC(C)(C)C)C(=O)C3N(CCCCCO)C(=O)[C@@H]4[C@H]2C1=O. The molecule has 0 aromatic rings. The number of thioether (sulfide) groups is 1. The van der Waals surface area contributed by atoms with Crippen LogP contribution in [-0.4, -0.2) is 92.4 Å². The first-order chi connectivity index (χ1) is 16.8. The van der Waals surface area contributed by atoms with E-state index in [1.807, 2.05) is 11.0 Å². The Hall–Kier alpha value is -1.80. The molecule has 0 aromatic heterocycles. The molecule has 7 nitrogen and oxygen atoms in total. The van der Waals surface area contributed by atoms with Crippen molar-refractivity contribution in [3.05, 3.63) is 24.3 Å². The largest absolute Gasteiger partial charge is 0.396 e. The van der Waals surface area contributed by atoms with E-state index in [0.29, 0.717) is 26.1 Å². The van der Waals surface area contributed by atoms with Crippen LogP contribution in [0.25, 0.3) is 0 Å². The van der Waals surface area contributed by atoms with Crippen molar-refractivity contribution in [3.63, 3.8) is 0 Å². The molecule has 1 spiro atoms. The average Bonchev–Trinajstić information content (AvgIpc) is 3.08. The van der Waals surface area contributed by atoms with E-state index in [-0.39, 0.29) is 35.0 Å². The van der Waals surface area contributed by atoms with Gasteiger partial charge in [-0.15, -0.1) is 11.8 Å². The molecule has 0 saturated carbocycles. The highest BCUT2D eigenvalue weighted by Crippen LogP contribution is 2.61. The van der Waals surface area contributed by atoms with Gasteiger partial charge in [-0.3, -0.25) is 14.4 Å². The number of carbonyl (C=O) groups is 3. The van der Waals surface area contributed by atoms with Gasteiger partial charge < -0.3 is 19.8 Å². The maximum atomic E-state index is 14.5. The number of nitrogens with zero attached hydrogens (tertiary/aromatic N) is 3. The van der Waals surface area contributed by atoms with Gasteiger partial charge in [0.1, 0.15) is 6.04 Å². The Labute approximate surface area is 220 Å². The maximum absolute atomic E-state index is 14.5. The second-order valence-corrected chi connectivity index (χ2v) is 14.2. The molecule has 3 amide bonds. The van der Waals surface area contributed by atoms with Crippen LogP contribution in [0.3, 0.4) is 0 Å². The fourth-order valence-electron chi connectivity index (χ4n) is 7.01. The minimum Gasteiger partial charge on any atom is -0.396 e. The highest BCUT2D eigenvalue weighted by atomic mass is 32.2. The van der Waals surface area contributed by atoms with Crippen LogP contribution < -0.4 is 0 Å². The van der Waals surface area contributed by atoms with Crippen molar-refractivity contribution >= 4 is 29.5 Å². The van der Waals surface area contributed by atoms with Gasteiger partial charge in [-0.05, 0) is 44.9 Å². The van der Waals surface area contributed by atoms with Crippen molar-refractivity contribution in [1.82, 2.24) is 14.7 Å². The molecule has 5 atom stereocenters. The topological polar surface area (TPSA) is 81.2 Å². The van der Waals surface area contributed by atoms with E-state index in [2.05, 4.69) is 52.8 Å². The minimum absolute atomic E-state index is 0.0105. The van der Waals surface area contributed by atoms with E-state index in [1.165, 1.54) is 0 Å². The lowest BCUT2D eigenvalue weighted by molar-refractivity contribution is -0.146. The third-order valence-electron chi connectivity index (χ3n) is 8.11. The standard InChI is InChI=1S/C28H43N3O4S/c1-26(2,3)18-27(4,5)31-16-11-13-28-21(20-19(36-28)12-10-14-29(6)23(20)33)24(34)30(22(28)25(31)35)15-8-7-9-17-32/h10-13,19-22,32H,7-9,14-18H2,1-6H3/t19-,20+,21+,22?,28+/m1/s1. The lowest BCUT2D eigenvalue weighted by Crippen LogP contribution is -2.58. The van der Waals surface area contributed by atoms with Crippen molar-refractivity contribution in [3.8, 4) is 0 Å². The number of rotatable bonds is 7. The number of unbranched alkanes of at least 4 members (excludes halogenated alkanes) is 2. The zero-order chi connectivity index (χ0) is 26.5. The number of fused-ring (bicyclic) bond motifs is 2. The Morgan fingerprint density at radius 1 is 1.00 bits per heavy atom. The molecule has 4 rings (SSSR count). The van der Waals surface area contributed by atoms with Gasteiger partial charge in [0, 0.05) is 44.1 Å². The molecule has 0 bridgehead atoms. The Bertz CT molecular complexity index is 955. The van der Waals surface area contributed by atoms with Gasteiger partial charge in [0.25, 0.3) is 0 Å². The summed E-state index contributed by atoms with van der Waals surface area (Å²) in [6, 6.07) is -0.634. The highest BCUT2D eigenvalue weighted by molar-refractivity contribution is 8.02. The van der Waals surface area contributed by atoms with E-state index < -0.39 is 28.2 Å². The normalized spacial score (nSPS) is 32.5. The van der Waals surface area contributed by atoms with Gasteiger partial charge in [0.05, 0.1) is 16.6 Å². The second kappa shape index (κ2) is 9.82. The predicted molar refractivity (Wildman–Crippen MR) is 143 cm³/mol. The molecule has 36 heavy (non-hydrogen) atoms. The number of aliphatic hydroxyl groups is 1. The van der Waals surface area contributed by atoms with Crippen LogP contribution in [0.2, 0.25) is 0 Å². The van der Waals surface area contributed by atoms with Crippen molar-refractivity contribution < 1.29 is 19.5 Å². The van der Waals surface area contributed by atoms with Crippen molar-refractivity contribution in [2.45, 2.75) is 81.9 Å². The van der Waals surface area contributed by atoms with Gasteiger partial charge in [-0.2, -0.15) is 0 Å². The van der Waals surface area contributed by atoms with Crippen molar-refractivity contribution in [1.29, 1.82) is 0 Å². The van der Waals surface area contributed by atoms with Crippen LogP contribution in [0.4, 0.5) is 0 Å². The number of hydrogen-bond donors (Lipinski definition) is 1. The van der Waals surface area contributed by atoms with Crippen LogP contribution >= 0.6 is 11.8 Å². The van der Waals surface area contributed by atoms with Crippen LogP contribution in [0, 0.1) is 17.3 Å². The van der Waals surface area contributed by atoms with E-state index in [4.69, 9.17) is 0 Å². The zero-order valence-corrected chi connectivity index (χ0v) is 23.5. The van der Waals surface area contributed by atoms with E-state index >= 15 is 0 Å². The Morgan fingerprint density at radius 2 is 1.72 bits per heavy atom. The number of carbonyl (C=O) groups excluding carboxylic acids is 3. The molecule has 4 aliphatic rings. The molecule has 0 radical (unpaired) electrons. The Kier molecular flexibility index (Phi) is 7.43. The molecule has 4 heterocycles. The second-order valence-electron chi connectivity index (χ2n) is 12.7. The lowest BCUT2D eigenvalue weighted by Gasteiger charge is -2.44. The fourth-order valence-corrected chi connectivity index (χ4v) is 9.02. The summed E-state index contributed by atoms with van der Waals surface area (Å²) < 4.78 is -0.759. The van der Waals surface area contributed by atoms with Gasteiger partial charge >= 0.3 is 0 Å². The van der Waals surface area contributed by atoms with Crippen LogP contribution in [0.15, 0.2) is 24.3 Å². The first-order valence-corrected chi connectivity index (χ1v) is 14.2. The number of likely N-dealkylation sites (tertiary alicyclic amines) is 1. The average molecular weight is 518 g/mol. The van der Waals surface area contributed by atoms with Crippen LogP contribution in [0.1, 0.15) is 60.3 Å². The van der Waals surface area contributed by atoms with E-state index in [1.54, 1.807) is 28.6 Å². The third-order valence-corrected chi connectivity index (χ3v) is 9.86. The summed E-state index contributed by atoms with van der Waals surface area (Å²) >= 11 is 1.64. The number of hydrogen-bond acceptors (Lipinski definition) is 5. The molecule has 4 aliphatic heterocycles. The molecular weight excluding hydrogens is 474 g/mol. The minimum atomic E-state index is -0.759. The Balaban J connectivity index is 1.76. The molecule has 0 aliphatic carbocycles. The number of aliphatic hydroxyl groups excluding tert-OH is 1. The molecule has 200 valence electrons. The van der Waals surface area contributed by atoms with E-state index in [0.717, 1.165) is 19.3 Å². The smallest absolute Gasteiger partial charge is 0.247 e. The van der Waals surface area contributed by atoms with Crippen LogP contribution in [0.5, 0.6) is 0 Å². The first-order valence-electron chi connectivity index (χ1n) is 13.3. The van der Waals surface area contributed by atoms with Gasteiger partial charge in [-0.1, -0.05) is 45.1 Å². The Morgan fingerprint density at radius 3 is 2.39 bits per heavy atom. The van der Waals surface area contributed by atoms with E-state index in [9.17, 15) is 19.5 Å². The molecule has 2 saturated heterocycles. The highest BCUT2D eigenvalue weighted by Gasteiger charge is 2.71. The molecule has 1 unspecified atom stereocenters. The molecule has 8 heteroatoms.